The van der Waals surface area contributed by atoms with Gasteiger partial charge in [-0.25, -0.2) is 17.2 Å². The van der Waals surface area contributed by atoms with Crippen molar-refractivity contribution in [3.05, 3.63) is 64.7 Å². The number of benzene rings is 2. The fourth-order valence-corrected chi connectivity index (χ4v) is 7.67. The molecule has 1 aliphatic carbocycles. The SMILES string of the molecule is CN1CCN(S(=O)(=O)c2cccc(C(=O)NCC3CCCN3C(=O)CC(N)C3CCc4cc(F)c(F)cc43)c2)CC1. The van der Waals surface area contributed by atoms with Gasteiger partial charge in [-0.3, -0.25) is 9.59 Å². The lowest BCUT2D eigenvalue weighted by Gasteiger charge is -2.31. The van der Waals surface area contributed by atoms with Gasteiger partial charge in [0.05, 0.1) is 4.90 Å². The van der Waals surface area contributed by atoms with Crippen molar-refractivity contribution < 1.29 is 26.8 Å². The minimum Gasteiger partial charge on any atom is -0.350 e. The van der Waals surface area contributed by atoms with Gasteiger partial charge in [0, 0.05) is 69.3 Å². The minimum absolute atomic E-state index is 0.0692. The lowest BCUT2D eigenvalue weighted by molar-refractivity contribution is -0.132. The zero-order valence-electron chi connectivity index (χ0n) is 23.2. The molecule has 2 saturated heterocycles. The molecule has 0 spiro atoms. The van der Waals surface area contributed by atoms with Crippen LogP contribution in [-0.2, 0) is 21.2 Å². The van der Waals surface area contributed by atoms with Gasteiger partial charge in [0.25, 0.3) is 5.91 Å². The van der Waals surface area contributed by atoms with Crippen LogP contribution >= 0.6 is 0 Å². The number of halogens is 2. The molecule has 222 valence electrons. The second-order valence-electron chi connectivity index (χ2n) is 11.3. The molecule has 41 heavy (non-hydrogen) atoms. The number of fused-ring (bicyclic) bond motifs is 1. The van der Waals surface area contributed by atoms with E-state index in [0.717, 1.165) is 18.4 Å². The third-order valence-corrected chi connectivity index (χ3v) is 10.5. The first-order chi connectivity index (χ1) is 19.5. The van der Waals surface area contributed by atoms with Crippen molar-refractivity contribution in [2.24, 2.45) is 5.73 Å². The van der Waals surface area contributed by atoms with E-state index in [1.807, 2.05) is 7.05 Å². The Kier molecular flexibility index (Phi) is 8.74. The largest absolute Gasteiger partial charge is 0.350 e. The van der Waals surface area contributed by atoms with E-state index in [2.05, 4.69) is 10.2 Å². The number of nitrogens with zero attached hydrogens (tertiary/aromatic N) is 3. The van der Waals surface area contributed by atoms with Gasteiger partial charge in [-0.2, -0.15) is 4.31 Å². The van der Waals surface area contributed by atoms with Crippen molar-refractivity contribution in [1.82, 2.24) is 19.4 Å². The van der Waals surface area contributed by atoms with Gasteiger partial charge in [-0.05, 0) is 74.2 Å². The van der Waals surface area contributed by atoms with Gasteiger partial charge in [-0.15, -0.1) is 0 Å². The van der Waals surface area contributed by atoms with Crippen LogP contribution < -0.4 is 11.1 Å². The van der Waals surface area contributed by atoms with Gasteiger partial charge >= 0.3 is 0 Å². The second-order valence-corrected chi connectivity index (χ2v) is 13.2. The number of nitrogens with two attached hydrogens (primary N) is 1. The Labute approximate surface area is 239 Å². The van der Waals surface area contributed by atoms with Crippen molar-refractivity contribution in [3.63, 3.8) is 0 Å². The predicted molar refractivity (Wildman–Crippen MR) is 150 cm³/mol. The van der Waals surface area contributed by atoms with Crippen LogP contribution in [0.1, 0.15) is 53.1 Å². The number of hydrogen-bond acceptors (Lipinski definition) is 6. The van der Waals surface area contributed by atoms with Crippen molar-refractivity contribution in [2.75, 3.05) is 46.3 Å². The number of likely N-dealkylation sites (N-methyl/N-ethyl adjacent to an activating group) is 1. The first-order valence-corrected chi connectivity index (χ1v) is 15.6. The molecule has 0 aromatic heterocycles. The third kappa shape index (κ3) is 6.30. The van der Waals surface area contributed by atoms with Crippen LogP contribution in [0, 0.1) is 11.6 Å². The fourth-order valence-electron chi connectivity index (χ4n) is 6.20. The number of sulfonamides is 1. The Morgan fingerprint density at radius 1 is 1.05 bits per heavy atom. The highest BCUT2D eigenvalue weighted by Crippen LogP contribution is 2.37. The highest BCUT2D eigenvalue weighted by molar-refractivity contribution is 7.89. The van der Waals surface area contributed by atoms with Gasteiger partial charge in [0.2, 0.25) is 15.9 Å². The number of carbonyl (C=O) groups is 2. The number of piperazine rings is 1. The normalized spacial score (nSPS) is 22.5. The quantitative estimate of drug-likeness (QED) is 0.487. The van der Waals surface area contributed by atoms with Crippen molar-refractivity contribution in [1.29, 1.82) is 0 Å². The number of carbonyl (C=O) groups excluding carboxylic acids is 2. The van der Waals surface area contributed by atoms with E-state index >= 15 is 0 Å². The molecule has 3 aliphatic rings. The predicted octanol–water partition coefficient (Wildman–Crippen LogP) is 2.07. The molecule has 2 aromatic carbocycles. The second kappa shape index (κ2) is 12.1. The number of amides is 2. The van der Waals surface area contributed by atoms with Crippen LogP contribution in [-0.4, -0.2) is 92.7 Å². The molecule has 3 unspecified atom stereocenters. The van der Waals surface area contributed by atoms with Crippen LogP contribution in [0.15, 0.2) is 41.3 Å². The smallest absolute Gasteiger partial charge is 0.251 e. The molecule has 2 heterocycles. The highest BCUT2D eigenvalue weighted by Gasteiger charge is 2.34. The van der Waals surface area contributed by atoms with Crippen molar-refractivity contribution in [2.45, 2.75) is 55.0 Å². The summed E-state index contributed by atoms with van der Waals surface area (Å²) in [6.45, 7) is 2.86. The number of hydrogen-bond donors (Lipinski definition) is 2. The molecule has 3 atom stereocenters. The molecule has 3 N–H and O–H groups in total. The Hall–Kier alpha value is -2.93. The lowest BCUT2D eigenvalue weighted by atomic mass is 9.91. The summed E-state index contributed by atoms with van der Waals surface area (Å²) in [5.41, 5.74) is 8.06. The maximum absolute atomic E-state index is 13.9. The maximum atomic E-state index is 13.9. The Morgan fingerprint density at radius 2 is 1.78 bits per heavy atom. The molecule has 12 heteroatoms. The molecular formula is C29H37F2N5O4S. The molecule has 0 bridgehead atoms. The zero-order chi connectivity index (χ0) is 29.3. The minimum atomic E-state index is -3.71. The molecule has 0 saturated carbocycles. The highest BCUT2D eigenvalue weighted by atomic mass is 32.2. The Morgan fingerprint density at radius 3 is 2.54 bits per heavy atom. The molecule has 2 amide bonds. The van der Waals surface area contributed by atoms with Crippen LogP contribution in [0.5, 0.6) is 0 Å². The summed E-state index contributed by atoms with van der Waals surface area (Å²) in [6, 6.07) is 7.71. The Balaban J connectivity index is 1.18. The summed E-state index contributed by atoms with van der Waals surface area (Å²) >= 11 is 0. The monoisotopic (exact) mass is 589 g/mol. The average molecular weight is 590 g/mol. The maximum Gasteiger partial charge on any atom is 0.251 e. The zero-order valence-corrected chi connectivity index (χ0v) is 24.0. The molecule has 2 fully saturated rings. The molecule has 5 rings (SSSR count). The van der Waals surface area contributed by atoms with Gasteiger partial charge in [-0.1, -0.05) is 6.07 Å². The first-order valence-electron chi connectivity index (χ1n) is 14.1. The van der Waals surface area contributed by atoms with E-state index in [4.69, 9.17) is 5.73 Å². The van der Waals surface area contributed by atoms with Crippen LogP contribution in [0.3, 0.4) is 0 Å². The summed E-state index contributed by atoms with van der Waals surface area (Å²) in [5, 5.41) is 2.87. The van der Waals surface area contributed by atoms with Crippen LogP contribution in [0.4, 0.5) is 8.78 Å². The summed E-state index contributed by atoms with van der Waals surface area (Å²) in [5.74, 6) is -2.55. The van der Waals surface area contributed by atoms with E-state index in [1.165, 1.54) is 28.6 Å². The molecule has 2 aliphatic heterocycles. The molecule has 9 nitrogen and oxygen atoms in total. The van der Waals surface area contributed by atoms with E-state index in [0.29, 0.717) is 51.1 Å². The Bertz CT molecular complexity index is 1410. The van der Waals surface area contributed by atoms with Crippen molar-refractivity contribution in [3.8, 4) is 0 Å². The molecular weight excluding hydrogens is 552 g/mol. The van der Waals surface area contributed by atoms with Gasteiger partial charge < -0.3 is 20.9 Å². The summed E-state index contributed by atoms with van der Waals surface area (Å²) in [7, 11) is -1.76. The summed E-state index contributed by atoms with van der Waals surface area (Å²) in [4.78, 5) is 30.1. The van der Waals surface area contributed by atoms with E-state index in [1.54, 1.807) is 17.0 Å². The summed E-state index contributed by atoms with van der Waals surface area (Å²) in [6.07, 6.45) is 2.80. The van der Waals surface area contributed by atoms with E-state index in [-0.39, 0.29) is 41.3 Å². The standard InChI is InChI=1S/C29H37F2N5O4S/c1-34-10-12-35(13-11-34)41(39,40)22-6-2-4-20(14-22)29(38)33-18-21-5-3-9-36(21)28(37)17-27(32)23-8-7-19-15-25(30)26(31)16-24(19)23/h2,4,6,14-16,21,23,27H,3,5,7-13,17-18,32H2,1H3,(H,33,38). The topological polar surface area (TPSA) is 116 Å². The summed E-state index contributed by atoms with van der Waals surface area (Å²) < 4.78 is 55.2. The number of rotatable bonds is 8. The lowest BCUT2D eigenvalue weighted by Crippen LogP contribution is -2.47. The van der Waals surface area contributed by atoms with E-state index in [9.17, 15) is 26.8 Å². The number of aryl methyl sites for hydroxylation is 1. The fraction of sp³-hybridized carbons (Fsp3) is 0.517. The van der Waals surface area contributed by atoms with E-state index < -0.39 is 33.6 Å². The number of nitrogens with one attached hydrogen (secondary N) is 1. The van der Waals surface area contributed by atoms with Gasteiger partial charge in [0.15, 0.2) is 11.6 Å². The molecule has 2 aromatic rings. The average Bonchev–Trinajstić information content (AvgIpc) is 3.59. The van der Waals surface area contributed by atoms with Crippen molar-refractivity contribution >= 4 is 21.8 Å². The molecule has 0 radical (unpaired) electrons. The third-order valence-electron chi connectivity index (χ3n) is 8.63. The first kappa shape index (κ1) is 29.6. The van der Waals surface area contributed by atoms with Crippen LogP contribution in [0.2, 0.25) is 0 Å². The number of likely N-dealkylation sites (tertiary alicyclic amines) is 1. The van der Waals surface area contributed by atoms with Crippen LogP contribution in [0.25, 0.3) is 0 Å². The van der Waals surface area contributed by atoms with Gasteiger partial charge in [0.1, 0.15) is 0 Å².